The molecule has 0 bridgehead atoms. The number of aliphatic carboxylic acids is 1. The van der Waals surface area contributed by atoms with Crippen molar-refractivity contribution in [2.75, 3.05) is 13.7 Å². The third kappa shape index (κ3) is 3.88. The molecule has 2 rings (SSSR count). The number of ether oxygens (including phenoxy) is 2. The molecule has 0 atom stereocenters. The van der Waals surface area contributed by atoms with Crippen molar-refractivity contribution < 1.29 is 19.4 Å². The lowest BCUT2D eigenvalue weighted by Crippen LogP contribution is -2.00. The second kappa shape index (κ2) is 7.31. The lowest BCUT2D eigenvalue weighted by molar-refractivity contribution is -0.130. The monoisotopic (exact) mass is 298 g/mol. The summed E-state index contributed by atoms with van der Waals surface area (Å²) in [5.74, 6) is 0.402. The Morgan fingerprint density at radius 2 is 1.86 bits per heavy atom. The van der Waals surface area contributed by atoms with Gasteiger partial charge in [0, 0.05) is 0 Å². The predicted molar refractivity (Wildman–Crippen MR) is 86.1 cm³/mol. The first-order valence-electron chi connectivity index (χ1n) is 6.96. The van der Waals surface area contributed by atoms with E-state index in [2.05, 4.69) is 0 Å². The van der Waals surface area contributed by atoms with Gasteiger partial charge in [-0.15, -0.1) is 0 Å². The number of carboxylic acid groups (broad SMARTS) is 1. The van der Waals surface area contributed by atoms with Crippen molar-refractivity contribution in [1.82, 2.24) is 0 Å². The number of hydrogen-bond donors (Lipinski definition) is 1. The molecule has 0 aromatic heterocycles. The highest BCUT2D eigenvalue weighted by atomic mass is 16.5. The molecule has 0 unspecified atom stereocenters. The highest BCUT2D eigenvalue weighted by molar-refractivity contribution is 6.20. The smallest absolute Gasteiger partial charge is 0.336 e. The van der Waals surface area contributed by atoms with E-state index in [1.165, 1.54) is 0 Å². The molecule has 0 saturated heterocycles. The Morgan fingerprint density at radius 3 is 2.45 bits per heavy atom. The van der Waals surface area contributed by atoms with E-state index in [1.54, 1.807) is 49.6 Å². The van der Waals surface area contributed by atoms with Gasteiger partial charge in [0.15, 0.2) is 0 Å². The number of hydrogen-bond acceptors (Lipinski definition) is 3. The van der Waals surface area contributed by atoms with E-state index < -0.39 is 5.97 Å². The van der Waals surface area contributed by atoms with Gasteiger partial charge >= 0.3 is 5.97 Å². The van der Waals surface area contributed by atoms with Gasteiger partial charge in [-0.05, 0) is 48.4 Å². The molecule has 0 fully saturated rings. The maximum atomic E-state index is 11.6. The average molecular weight is 298 g/mol. The van der Waals surface area contributed by atoms with Gasteiger partial charge in [0.2, 0.25) is 0 Å². The summed E-state index contributed by atoms with van der Waals surface area (Å²) in [6.07, 6.45) is 1.63. The van der Waals surface area contributed by atoms with Gasteiger partial charge in [-0.3, -0.25) is 0 Å². The van der Waals surface area contributed by atoms with Gasteiger partial charge in [0.1, 0.15) is 11.5 Å². The molecule has 1 N–H and O–H groups in total. The largest absolute Gasteiger partial charge is 0.497 e. The first kappa shape index (κ1) is 15.6. The molecule has 114 valence electrons. The van der Waals surface area contributed by atoms with Crippen LogP contribution in [0, 0.1) is 0 Å². The molecule has 22 heavy (non-hydrogen) atoms. The van der Waals surface area contributed by atoms with Crippen LogP contribution < -0.4 is 9.47 Å². The van der Waals surface area contributed by atoms with Crippen molar-refractivity contribution in [3.63, 3.8) is 0 Å². The number of benzene rings is 2. The highest BCUT2D eigenvalue weighted by Crippen LogP contribution is 2.23. The third-order valence-corrected chi connectivity index (χ3v) is 3.11. The van der Waals surface area contributed by atoms with Gasteiger partial charge in [-0.2, -0.15) is 0 Å². The number of carbonyl (C=O) groups is 1. The molecule has 0 radical (unpaired) electrons. The second-order valence-corrected chi connectivity index (χ2v) is 4.60. The lowest BCUT2D eigenvalue weighted by atomic mass is 10.0. The Morgan fingerprint density at radius 1 is 1.14 bits per heavy atom. The van der Waals surface area contributed by atoms with Gasteiger partial charge in [-0.1, -0.05) is 24.3 Å². The Balaban J connectivity index is 2.38. The number of carboxylic acids is 1. The average Bonchev–Trinajstić information content (AvgIpc) is 2.53. The molecule has 0 aliphatic heterocycles. The summed E-state index contributed by atoms with van der Waals surface area (Å²) in [7, 11) is 1.59. The van der Waals surface area contributed by atoms with E-state index in [4.69, 9.17) is 9.47 Å². The van der Waals surface area contributed by atoms with E-state index in [0.717, 1.165) is 11.3 Å². The Kier molecular flexibility index (Phi) is 5.20. The molecule has 0 aliphatic carbocycles. The summed E-state index contributed by atoms with van der Waals surface area (Å²) in [6.45, 7) is 2.42. The van der Waals surface area contributed by atoms with Crippen LogP contribution in [-0.4, -0.2) is 24.8 Å². The molecule has 0 heterocycles. The molecule has 0 spiro atoms. The van der Waals surface area contributed by atoms with E-state index in [9.17, 15) is 9.90 Å². The van der Waals surface area contributed by atoms with Crippen molar-refractivity contribution in [2.45, 2.75) is 6.92 Å². The van der Waals surface area contributed by atoms with Crippen LogP contribution in [0.25, 0.3) is 11.6 Å². The normalized spacial score (nSPS) is 11.1. The van der Waals surface area contributed by atoms with E-state index in [1.807, 2.05) is 19.1 Å². The fourth-order valence-corrected chi connectivity index (χ4v) is 2.06. The lowest BCUT2D eigenvalue weighted by Gasteiger charge is -2.07. The van der Waals surface area contributed by atoms with Gasteiger partial charge in [-0.25, -0.2) is 4.79 Å². The summed E-state index contributed by atoms with van der Waals surface area (Å²) in [4.78, 5) is 11.6. The van der Waals surface area contributed by atoms with Crippen molar-refractivity contribution in [2.24, 2.45) is 0 Å². The van der Waals surface area contributed by atoms with Gasteiger partial charge in [0.25, 0.3) is 0 Å². The minimum Gasteiger partial charge on any atom is -0.497 e. The molecule has 4 nitrogen and oxygen atoms in total. The fraction of sp³-hybridized carbons (Fsp3) is 0.167. The topological polar surface area (TPSA) is 55.8 Å². The number of rotatable bonds is 6. The van der Waals surface area contributed by atoms with Crippen molar-refractivity contribution in [1.29, 1.82) is 0 Å². The predicted octanol–water partition coefficient (Wildman–Crippen LogP) is 3.72. The van der Waals surface area contributed by atoms with Crippen molar-refractivity contribution in [3.8, 4) is 11.5 Å². The van der Waals surface area contributed by atoms with Crippen LogP contribution in [0.1, 0.15) is 18.1 Å². The van der Waals surface area contributed by atoms with Crippen LogP contribution in [0.2, 0.25) is 0 Å². The molecule has 2 aromatic rings. The molecular weight excluding hydrogens is 280 g/mol. The zero-order valence-corrected chi connectivity index (χ0v) is 12.6. The van der Waals surface area contributed by atoms with E-state index in [-0.39, 0.29) is 5.57 Å². The molecule has 0 saturated carbocycles. The summed E-state index contributed by atoms with van der Waals surface area (Å²) in [5.41, 5.74) is 1.61. The first-order chi connectivity index (χ1) is 10.6. The molecule has 0 aliphatic rings. The maximum Gasteiger partial charge on any atom is 0.336 e. The quantitative estimate of drug-likeness (QED) is 0.652. The zero-order chi connectivity index (χ0) is 15.9. The highest BCUT2D eigenvalue weighted by Gasteiger charge is 2.11. The van der Waals surface area contributed by atoms with Gasteiger partial charge < -0.3 is 14.6 Å². The van der Waals surface area contributed by atoms with Crippen LogP contribution in [0.3, 0.4) is 0 Å². The molecule has 0 amide bonds. The maximum absolute atomic E-state index is 11.6. The third-order valence-electron chi connectivity index (χ3n) is 3.11. The number of methoxy groups -OCH3 is 1. The summed E-state index contributed by atoms with van der Waals surface area (Å²) >= 11 is 0. The van der Waals surface area contributed by atoms with E-state index in [0.29, 0.717) is 17.9 Å². The van der Waals surface area contributed by atoms with Crippen LogP contribution in [-0.2, 0) is 4.79 Å². The van der Waals surface area contributed by atoms with Crippen molar-refractivity contribution in [3.05, 3.63) is 59.7 Å². The Labute approximate surface area is 129 Å². The van der Waals surface area contributed by atoms with Crippen LogP contribution in [0.4, 0.5) is 0 Å². The van der Waals surface area contributed by atoms with Crippen molar-refractivity contribution >= 4 is 17.6 Å². The SMILES string of the molecule is CCOc1cccc(/C(=C/c2ccc(OC)cc2)C(=O)O)c1. The van der Waals surface area contributed by atoms with E-state index >= 15 is 0 Å². The summed E-state index contributed by atoms with van der Waals surface area (Å²) in [6, 6.07) is 14.3. The fourth-order valence-electron chi connectivity index (χ4n) is 2.06. The standard InChI is InChI=1S/C18H18O4/c1-3-22-16-6-4-5-14(12-16)17(18(19)20)11-13-7-9-15(21-2)10-8-13/h4-12H,3H2,1-2H3,(H,19,20)/b17-11-. The van der Waals surface area contributed by atoms with Crippen LogP contribution >= 0.6 is 0 Å². The van der Waals surface area contributed by atoms with Gasteiger partial charge in [0.05, 0.1) is 19.3 Å². The Bertz CT molecular complexity index is 672. The zero-order valence-electron chi connectivity index (χ0n) is 12.6. The van der Waals surface area contributed by atoms with Crippen LogP contribution in [0.15, 0.2) is 48.5 Å². The van der Waals surface area contributed by atoms with Crippen LogP contribution in [0.5, 0.6) is 11.5 Å². The molecular formula is C18H18O4. The summed E-state index contributed by atoms with van der Waals surface area (Å²) in [5, 5.41) is 9.48. The summed E-state index contributed by atoms with van der Waals surface area (Å²) < 4.78 is 10.5. The minimum atomic E-state index is -0.982. The Hall–Kier alpha value is -2.75. The molecule has 2 aromatic carbocycles. The molecule has 4 heteroatoms. The second-order valence-electron chi connectivity index (χ2n) is 4.60. The first-order valence-corrected chi connectivity index (χ1v) is 6.96. The minimum absolute atomic E-state index is 0.215.